The molecule has 0 aliphatic heterocycles. The maximum absolute atomic E-state index is 12.8. The van der Waals surface area contributed by atoms with Gasteiger partial charge in [-0.15, -0.1) is 0 Å². The number of aromatic nitrogens is 2. The maximum atomic E-state index is 12.8. The number of aliphatic hydroxyl groups excluding tert-OH is 1. The third kappa shape index (κ3) is 2.42. The molecule has 1 fully saturated rings. The number of carbonyl (C=O) groups is 1. The fraction of sp³-hybridized carbons (Fsp3) is 0.500. The molecule has 21 heavy (non-hydrogen) atoms. The molecule has 1 amide bonds. The van der Waals surface area contributed by atoms with E-state index in [2.05, 4.69) is 5.10 Å². The zero-order valence-electron chi connectivity index (χ0n) is 12.5. The SMILES string of the molecule is CN(C(=O)c1nn(C)c2ccccc12)C1CCCCC1O. The van der Waals surface area contributed by atoms with Gasteiger partial charge in [-0.1, -0.05) is 31.0 Å². The van der Waals surface area contributed by atoms with E-state index in [1.54, 1.807) is 16.6 Å². The first-order valence-electron chi connectivity index (χ1n) is 7.46. The Labute approximate surface area is 124 Å². The second kappa shape index (κ2) is 5.48. The van der Waals surface area contributed by atoms with Crippen molar-refractivity contribution in [1.29, 1.82) is 0 Å². The first-order valence-corrected chi connectivity index (χ1v) is 7.46. The average molecular weight is 287 g/mol. The highest BCUT2D eigenvalue weighted by molar-refractivity contribution is 6.04. The number of aliphatic hydroxyl groups is 1. The van der Waals surface area contributed by atoms with Gasteiger partial charge in [0.25, 0.3) is 5.91 Å². The number of aryl methyl sites for hydroxylation is 1. The van der Waals surface area contributed by atoms with E-state index in [0.29, 0.717) is 5.69 Å². The molecule has 2 atom stereocenters. The van der Waals surface area contributed by atoms with Gasteiger partial charge in [0.1, 0.15) is 0 Å². The Morgan fingerprint density at radius 1 is 1.33 bits per heavy atom. The molecule has 112 valence electrons. The van der Waals surface area contributed by atoms with Crippen molar-refractivity contribution in [2.24, 2.45) is 7.05 Å². The molecule has 0 saturated heterocycles. The van der Waals surface area contributed by atoms with Crippen molar-refractivity contribution in [2.45, 2.75) is 37.8 Å². The molecule has 1 heterocycles. The summed E-state index contributed by atoms with van der Waals surface area (Å²) in [5.74, 6) is -0.113. The Balaban J connectivity index is 1.93. The van der Waals surface area contributed by atoms with Gasteiger partial charge in [-0.2, -0.15) is 5.10 Å². The summed E-state index contributed by atoms with van der Waals surface area (Å²) < 4.78 is 1.73. The molecule has 1 aliphatic carbocycles. The zero-order chi connectivity index (χ0) is 15.0. The number of nitrogens with zero attached hydrogens (tertiary/aromatic N) is 3. The summed E-state index contributed by atoms with van der Waals surface area (Å²) in [7, 11) is 3.61. The summed E-state index contributed by atoms with van der Waals surface area (Å²) in [5.41, 5.74) is 1.41. The molecule has 5 heteroatoms. The molecule has 0 radical (unpaired) electrons. The van der Waals surface area contributed by atoms with Crippen molar-refractivity contribution in [2.75, 3.05) is 7.05 Å². The second-order valence-electron chi connectivity index (χ2n) is 5.82. The number of amides is 1. The summed E-state index contributed by atoms with van der Waals surface area (Å²) in [4.78, 5) is 14.4. The number of carbonyl (C=O) groups excluding carboxylic acids is 1. The van der Waals surface area contributed by atoms with Crippen LogP contribution in [0.3, 0.4) is 0 Å². The minimum absolute atomic E-state index is 0.105. The Bertz CT molecular complexity index is 665. The van der Waals surface area contributed by atoms with Gasteiger partial charge in [-0.05, 0) is 18.9 Å². The lowest BCUT2D eigenvalue weighted by Crippen LogP contribution is -2.46. The number of hydrogen-bond acceptors (Lipinski definition) is 3. The zero-order valence-corrected chi connectivity index (χ0v) is 12.5. The Hall–Kier alpha value is -1.88. The Kier molecular flexibility index (Phi) is 3.68. The van der Waals surface area contributed by atoms with E-state index in [9.17, 15) is 9.90 Å². The molecule has 0 spiro atoms. The number of para-hydroxylation sites is 1. The van der Waals surface area contributed by atoms with Crippen LogP contribution in [0.15, 0.2) is 24.3 Å². The quantitative estimate of drug-likeness (QED) is 0.918. The van der Waals surface area contributed by atoms with Crippen LogP contribution >= 0.6 is 0 Å². The van der Waals surface area contributed by atoms with Crippen LogP contribution in [0.25, 0.3) is 10.9 Å². The molecule has 1 saturated carbocycles. The predicted molar refractivity (Wildman–Crippen MR) is 81.1 cm³/mol. The number of likely N-dealkylation sites (N-methyl/N-ethyl adjacent to an activating group) is 1. The second-order valence-corrected chi connectivity index (χ2v) is 5.82. The normalized spacial score (nSPS) is 22.4. The lowest BCUT2D eigenvalue weighted by atomic mass is 9.91. The minimum Gasteiger partial charge on any atom is -0.391 e. The van der Waals surface area contributed by atoms with E-state index in [1.165, 1.54) is 0 Å². The van der Waals surface area contributed by atoms with Crippen LogP contribution in [0.4, 0.5) is 0 Å². The van der Waals surface area contributed by atoms with Crippen LogP contribution in [-0.2, 0) is 7.05 Å². The smallest absolute Gasteiger partial charge is 0.275 e. The standard InChI is InChI=1S/C16H21N3O2/c1-18(13-9-5-6-10-14(13)20)16(21)15-11-7-3-4-8-12(11)19(2)17-15/h3-4,7-8,13-14,20H,5-6,9-10H2,1-2H3. The minimum atomic E-state index is -0.428. The van der Waals surface area contributed by atoms with E-state index in [-0.39, 0.29) is 11.9 Å². The van der Waals surface area contributed by atoms with Crippen LogP contribution in [0.1, 0.15) is 36.2 Å². The van der Waals surface area contributed by atoms with Gasteiger partial charge in [0.2, 0.25) is 0 Å². The highest BCUT2D eigenvalue weighted by Crippen LogP contribution is 2.25. The lowest BCUT2D eigenvalue weighted by Gasteiger charge is -2.34. The van der Waals surface area contributed by atoms with E-state index in [0.717, 1.165) is 36.6 Å². The fourth-order valence-corrected chi connectivity index (χ4v) is 3.23. The molecule has 1 N–H and O–H groups in total. The van der Waals surface area contributed by atoms with Gasteiger partial charge >= 0.3 is 0 Å². The van der Waals surface area contributed by atoms with Crippen LogP contribution in [0.5, 0.6) is 0 Å². The van der Waals surface area contributed by atoms with Crippen LogP contribution in [0, 0.1) is 0 Å². The van der Waals surface area contributed by atoms with Gasteiger partial charge in [0.05, 0.1) is 17.7 Å². The lowest BCUT2D eigenvalue weighted by molar-refractivity contribution is 0.0265. The molecule has 1 aliphatic rings. The first-order chi connectivity index (χ1) is 10.1. The monoisotopic (exact) mass is 287 g/mol. The van der Waals surface area contributed by atoms with Crippen molar-refractivity contribution in [1.82, 2.24) is 14.7 Å². The largest absolute Gasteiger partial charge is 0.391 e. The number of hydrogen-bond donors (Lipinski definition) is 1. The molecule has 1 aromatic carbocycles. The van der Waals surface area contributed by atoms with E-state index < -0.39 is 6.10 Å². The summed E-state index contributed by atoms with van der Waals surface area (Å²) in [5, 5.41) is 15.4. The number of benzene rings is 1. The number of rotatable bonds is 2. The third-order valence-corrected chi connectivity index (χ3v) is 4.47. The molecule has 2 aromatic rings. The molecule has 5 nitrogen and oxygen atoms in total. The van der Waals surface area contributed by atoms with Gasteiger partial charge in [-0.25, -0.2) is 0 Å². The number of fused-ring (bicyclic) bond motifs is 1. The molecule has 0 bridgehead atoms. The molecule has 1 aromatic heterocycles. The molecule has 2 unspecified atom stereocenters. The van der Waals surface area contributed by atoms with Crippen molar-refractivity contribution in [3.05, 3.63) is 30.0 Å². The van der Waals surface area contributed by atoms with Gasteiger partial charge in [0, 0.05) is 19.5 Å². The average Bonchev–Trinajstić information content (AvgIpc) is 2.84. The molecular weight excluding hydrogens is 266 g/mol. The highest BCUT2D eigenvalue weighted by atomic mass is 16.3. The van der Waals surface area contributed by atoms with E-state index in [4.69, 9.17) is 0 Å². The maximum Gasteiger partial charge on any atom is 0.275 e. The van der Waals surface area contributed by atoms with Crippen LogP contribution < -0.4 is 0 Å². The van der Waals surface area contributed by atoms with Crippen molar-refractivity contribution >= 4 is 16.8 Å². The van der Waals surface area contributed by atoms with Crippen LogP contribution in [0.2, 0.25) is 0 Å². The Morgan fingerprint density at radius 2 is 2.05 bits per heavy atom. The highest BCUT2D eigenvalue weighted by Gasteiger charge is 2.31. The van der Waals surface area contributed by atoms with Crippen molar-refractivity contribution in [3.8, 4) is 0 Å². The van der Waals surface area contributed by atoms with Crippen molar-refractivity contribution in [3.63, 3.8) is 0 Å². The topological polar surface area (TPSA) is 58.4 Å². The summed E-state index contributed by atoms with van der Waals surface area (Å²) in [6.07, 6.45) is 3.29. The van der Waals surface area contributed by atoms with E-state index >= 15 is 0 Å². The molecular formula is C16H21N3O2. The van der Waals surface area contributed by atoms with Gasteiger partial charge in [0.15, 0.2) is 5.69 Å². The third-order valence-electron chi connectivity index (χ3n) is 4.47. The summed E-state index contributed by atoms with van der Waals surface area (Å²) in [6.45, 7) is 0. The van der Waals surface area contributed by atoms with Gasteiger partial charge < -0.3 is 10.0 Å². The molecule has 3 rings (SSSR count). The Morgan fingerprint density at radius 3 is 2.81 bits per heavy atom. The van der Waals surface area contributed by atoms with Crippen molar-refractivity contribution < 1.29 is 9.90 Å². The van der Waals surface area contributed by atoms with E-state index in [1.807, 2.05) is 31.3 Å². The fourth-order valence-electron chi connectivity index (χ4n) is 3.23. The summed E-state index contributed by atoms with van der Waals surface area (Å²) >= 11 is 0. The van der Waals surface area contributed by atoms with Gasteiger partial charge in [-0.3, -0.25) is 9.48 Å². The summed E-state index contributed by atoms with van der Waals surface area (Å²) in [6, 6.07) is 7.62. The van der Waals surface area contributed by atoms with Crippen LogP contribution in [-0.4, -0.2) is 44.9 Å². The predicted octanol–water partition coefficient (Wildman–Crippen LogP) is 1.95. The first kappa shape index (κ1) is 14.1.